The highest BCUT2D eigenvalue weighted by Crippen LogP contribution is 2.47. The highest BCUT2D eigenvalue weighted by atomic mass is 16.5. The monoisotopic (exact) mass is 347 g/mol. The Morgan fingerprint density at radius 1 is 1.31 bits per heavy atom. The first-order valence-electron chi connectivity index (χ1n) is 9.19. The SMILES string of the molecule is C[C@@H](NC(=O)[C@H]1C[C@@H]1c1nc2ccccc2[nH]1)c1ccc2c(c1)CCO2. The second-order valence-electron chi connectivity index (χ2n) is 7.28. The molecule has 2 heterocycles. The molecule has 1 aromatic heterocycles. The zero-order chi connectivity index (χ0) is 17.7. The Labute approximate surface area is 151 Å². The van der Waals surface area contributed by atoms with Gasteiger partial charge in [-0.15, -0.1) is 0 Å². The maximum absolute atomic E-state index is 12.6. The Kier molecular flexibility index (Phi) is 3.48. The number of carbonyl (C=O) groups excluding carboxylic acids is 1. The second-order valence-corrected chi connectivity index (χ2v) is 7.28. The van der Waals surface area contributed by atoms with Gasteiger partial charge in [0.05, 0.1) is 23.7 Å². The number of carbonyl (C=O) groups is 1. The summed E-state index contributed by atoms with van der Waals surface area (Å²) < 4.78 is 5.55. The second kappa shape index (κ2) is 5.87. The van der Waals surface area contributed by atoms with Gasteiger partial charge in [-0.2, -0.15) is 0 Å². The van der Waals surface area contributed by atoms with E-state index < -0.39 is 0 Å². The van der Waals surface area contributed by atoms with E-state index in [2.05, 4.69) is 21.4 Å². The summed E-state index contributed by atoms with van der Waals surface area (Å²) in [7, 11) is 0. The van der Waals surface area contributed by atoms with Gasteiger partial charge in [0.15, 0.2) is 0 Å². The number of hydrogen-bond acceptors (Lipinski definition) is 3. The lowest BCUT2D eigenvalue weighted by Crippen LogP contribution is -2.28. The fourth-order valence-corrected chi connectivity index (χ4v) is 3.81. The van der Waals surface area contributed by atoms with Crippen LogP contribution in [0.5, 0.6) is 5.75 Å². The number of amides is 1. The van der Waals surface area contributed by atoms with Crippen LogP contribution in [0, 0.1) is 5.92 Å². The quantitative estimate of drug-likeness (QED) is 0.759. The Hall–Kier alpha value is -2.82. The molecular formula is C21H21N3O2. The van der Waals surface area contributed by atoms with Crippen molar-refractivity contribution in [1.82, 2.24) is 15.3 Å². The lowest BCUT2D eigenvalue weighted by molar-refractivity contribution is -0.123. The molecule has 5 rings (SSSR count). The predicted molar refractivity (Wildman–Crippen MR) is 99.1 cm³/mol. The summed E-state index contributed by atoms with van der Waals surface area (Å²) in [6.45, 7) is 2.79. The van der Waals surface area contributed by atoms with Crippen LogP contribution in [0.2, 0.25) is 0 Å². The molecule has 0 unspecified atom stereocenters. The van der Waals surface area contributed by atoms with Crippen LogP contribution in [-0.2, 0) is 11.2 Å². The molecule has 26 heavy (non-hydrogen) atoms. The summed E-state index contributed by atoms with van der Waals surface area (Å²) in [6, 6.07) is 14.2. The van der Waals surface area contributed by atoms with Gasteiger partial charge in [-0.1, -0.05) is 18.2 Å². The number of benzene rings is 2. The lowest BCUT2D eigenvalue weighted by Gasteiger charge is -2.15. The maximum atomic E-state index is 12.6. The molecule has 0 spiro atoms. The molecule has 1 fully saturated rings. The summed E-state index contributed by atoms with van der Waals surface area (Å²) in [5.41, 5.74) is 4.35. The van der Waals surface area contributed by atoms with E-state index in [1.165, 1.54) is 5.56 Å². The van der Waals surface area contributed by atoms with Crippen molar-refractivity contribution in [2.24, 2.45) is 5.92 Å². The van der Waals surface area contributed by atoms with E-state index in [4.69, 9.17) is 4.74 Å². The van der Waals surface area contributed by atoms with Gasteiger partial charge in [0, 0.05) is 18.3 Å². The van der Waals surface area contributed by atoms with E-state index in [-0.39, 0.29) is 23.8 Å². The van der Waals surface area contributed by atoms with Gasteiger partial charge in [0.1, 0.15) is 11.6 Å². The number of hydrogen-bond donors (Lipinski definition) is 2. The number of rotatable bonds is 4. The number of aromatic nitrogens is 2. The highest BCUT2D eigenvalue weighted by Gasteiger charge is 2.46. The zero-order valence-electron chi connectivity index (χ0n) is 14.7. The molecule has 1 amide bonds. The first kappa shape index (κ1) is 15.4. The number of nitrogens with zero attached hydrogens (tertiary/aromatic N) is 1. The van der Waals surface area contributed by atoms with Crippen LogP contribution in [0.4, 0.5) is 0 Å². The van der Waals surface area contributed by atoms with E-state index in [1.807, 2.05) is 43.3 Å². The molecule has 3 atom stereocenters. The van der Waals surface area contributed by atoms with Crippen LogP contribution in [0.3, 0.4) is 0 Å². The highest BCUT2D eigenvalue weighted by molar-refractivity contribution is 5.83. The zero-order valence-corrected chi connectivity index (χ0v) is 14.7. The topological polar surface area (TPSA) is 67.0 Å². The number of nitrogens with one attached hydrogen (secondary N) is 2. The van der Waals surface area contributed by atoms with Gasteiger partial charge in [-0.25, -0.2) is 4.98 Å². The average Bonchev–Trinajstić information content (AvgIpc) is 3.12. The Bertz CT molecular complexity index is 961. The van der Waals surface area contributed by atoms with E-state index in [0.717, 1.165) is 47.6 Å². The third-order valence-corrected chi connectivity index (χ3v) is 5.46. The number of H-pyrrole nitrogens is 1. The van der Waals surface area contributed by atoms with E-state index >= 15 is 0 Å². The molecule has 5 nitrogen and oxygen atoms in total. The fraction of sp³-hybridized carbons (Fsp3) is 0.333. The normalized spacial score (nSPS) is 21.9. The van der Waals surface area contributed by atoms with Crippen molar-refractivity contribution in [2.45, 2.75) is 31.7 Å². The van der Waals surface area contributed by atoms with Crippen molar-refractivity contribution in [3.05, 3.63) is 59.4 Å². The number of imidazole rings is 1. The van der Waals surface area contributed by atoms with Gasteiger partial charge in [0.2, 0.25) is 5.91 Å². The molecule has 132 valence electrons. The minimum absolute atomic E-state index is 0.00896. The molecule has 2 aliphatic rings. The molecule has 3 aromatic rings. The van der Waals surface area contributed by atoms with Crippen molar-refractivity contribution in [3.63, 3.8) is 0 Å². The number of ether oxygens (including phenoxy) is 1. The summed E-state index contributed by atoms with van der Waals surface area (Å²) >= 11 is 0. The summed E-state index contributed by atoms with van der Waals surface area (Å²) in [5.74, 6) is 2.21. The van der Waals surface area contributed by atoms with Crippen LogP contribution < -0.4 is 10.1 Å². The number of para-hydroxylation sites is 2. The first-order chi connectivity index (χ1) is 12.7. The Morgan fingerprint density at radius 3 is 3.08 bits per heavy atom. The third-order valence-electron chi connectivity index (χ3n) is 5.46. The van der Waals surface area contributed by atoms with Crippen molar-refractivity contribution in [2.75, 3.05) is 6.61 Å². The lowest BCUT2D eigenvalue weighted by atomic mass is 10.0. The molecule has 0 saturated heterocycles. The van der Waals surface area contributed by atoms with Crippen molar-refractivity contribution in [3.8, 4) is 5.75 Å². The molecular weight excluding hydrogens is 326 g/mol. The van der Waals surface area contributed by atoms with E-state index in [1.54, 1.807) is 0 Å². The molecule has 0 radical (unpaired) electrons. The molecule has 1 aliphatic heterocycles. The maximum Gasteiger partial charge on any atom is 0.224 e. The van der Waals surface area contributed by atoms with E-state index in [9.17, 15) is 4.79 Å². The average molecular weight is 347 g/mol. The van der Waals surface area contributed by atoms with Crippen LogP contribution in [0.15, 0.2) is 42.5 Å². The van der Waals surface area contributed by atoms with E-state index in [0.29, 0.717) is 0 Å². The van der Waals surface area contributed by atoms with Crippen molar-refractivity contribution >= 4 is 16.9 Å². The largest absolute Gasteiger partial charge is 0.493 e. The van der Waals surface area contributed by atoms with Gasteiger partial charge in [-0.05, 0) is 48.7 Å². The molecule has 0 bridgehead atoms. The molecule has 1 saturated carbocycles. The minimum atomic E-state index is -0.00896. The molecule has 2 aromatic carbocycles. The molecule has 1 aliphatic carbocycles. The predicted octanol–water partition coefficient (Wildman–Crippen LogP) is 3.48. The molecule has 5 heteroatoms. The molecule has 2 N–H and O–H groups in total. The van der Waals surface area contributed by atoms with Gasteiger partial charge in [0.25, 0.3) is 0 Å². The smallest absolute Gasteiger partial charge is 0.224 e. The summed E-state index contributed by atoms with van der Waals surface area (Å²) in [6.07, 6.45) is 1.80. The van der Waals surface area contributed by atoms with Crippen LogP contribution in [-0.4, -0.2) is 22.5 Å². The summed E-state index contributed by atoms with van der Waals surface area (Å²) in [4.78, 5) is 20.6. The number of aromatic amines is 1. The number of fused-ring (bicyclic) bond motifs is 2. The third kappa shape index (κ3) is 2.64. The standard InChI is InChI=1S/C21H21N3O2/c1-12(13-6-7-19-14(10-13)8-9-26-19)22-21(25)16-11-15(16)20-23-17-4-2-3-5-18(17)24-20/h2-7,10,12,15-16H,8-9,11H2,1H3,(H,22,25)(H,23,24)/t12-,15+,16+/m1/s1. The van der Waals surface area contributed by atoms with Crippen LogP contribution >= 0.6 is 0 Å². The first-order valence-corrected chi connectivity index (χ1v) is 9.19. The van der Waals surface area contributed by atoms with Crippen LogP contribution in [0.1, 0.15) is 42.3 Å². The van der Waals surface area contributed by atoms with Gasteiger partial charge < -0.3 is 15.0 Å². The Morgan fingerprint density at radius 2 is 2.19 bits per heavy atom. The van der Waals surface area contributed by atoms with Gasteiger partial charge in [-0.3, -0.25) is 4.79 Å². The van der Waals surface area contributed by atoms with Gasteiger partial charge >= 0.3 is 0 Å². The van der Waals surface area contributed by atoms with Crippen molar-refractivity contribution in [1.29, 1.82) is 0 Å². The fourth-order valence-electron chi connectivity index (χ4n) is 3.81. The Balaban J connectivity index is 1.26. The van der Waals surface area contributed by atoms with Crippen molar-refractivity contribution < 1.29 is 9.53 Å². The van der Waals surface area contributed by atoms with Crippen LogP contribution in [0.25, 0.3) is 11.0 Å². The summed E-state index contributed by atoms with van der Waals surface area (Å²) in [5, 5.41) is 3.16. The minimum Gasteiger partial charge on any atom is -0.493 e.